The first kappa shape index (κ1) is 39.6. The van der Waals surface area contributed by atoms with E-state index in [-0.39, 0.29) is 0 Å². The third-order valence-corrected chi connectivity index (χ3v) is 5.36. The fourth-order valence-electron chi connectivity index (χ4n) is 3.32. The van der Waals surface area contributed by atoms with E-state index in [0.717, 1.165) is 52.1 Å². The summed E-state index contributed by atoms with van der Waals surface area (Å²) in [7, 11) is -4.67. The summed E-state index contributed by atoms with van der Waals surface area (Å²) in [6.45, 7) is 8.22. The summed E-state index contributed by atoms with van der Waals surface area (Å²) in [6.07, 6.45) is 26.4. The molecule has 0 saturated heterocycles. The molecule has 0 amide bonds. The highest BCUT2D eigenvalue weighted by molar-refractivity contribution is 7.79. The lowest BCUT2D eigenvalue weighted by Crippen LogP contribution is -2.04. The van der Waals surface area contributed by atoms with Gasteiger partial charge in [0.25, 0.3) is 0 Å². The highest BCUT2D eigenvalue weighted by Crippen LogP contribution is 2.09. The summed E-state index contributed by atoms with van der Waals surface area (Å²) in [5, 5.41) is 17.3. The quantitative estimate of drug-likeness (QED) is 0.0918. The van der Waals surface area contributed by atoms with Crippen molar-refractivity contribution in [1.29, 1.82) is 0 Å². The number of aliphatic imine (C=N–C) groups is 3. The number of allylic oxidation sites excluding steroid dienone is 2. The lowest BCUT2D eigenvalue weighted by Gasteiger charge is -1.99. The molecule has 234 valence electrons. The van der Waals surface area contributed by atoms with Crippen LogP contribution in [0.5, 0.6) is 0 Å². The van der Waals surface area contributed by atoms with Crippen molar-refractivity contribution in [1.82, 2.24) is 16.0 Å². The van der Waals surface area contributed by atoms with E-state index in [2.05, 4.69) is 50.0 Å². The zero-order chi connectivity index (χ0) is 30.0. The molecule has 3 heterocycles. The molecule has 3 aliphatic heterocycles. The largest absolute Gasteiger partial charge is 0.481 e. The number of aliphatic carboxylic acids is 1. The number of rotatable bonds is 15. The van der Waals surface area contributed by atoms with Crippen molar-refractivity contribution in [2.24, 2.45) is 15.0 Å². The first-order chi connectivity index (χ1) is 19.3. The van der Waals surface area contributed by atoms with Gasteiger partial charge in [0.05, 0.1) is 38.6 Å². The van der Waals surface area contributed by atoms with Crippen LogP contribution in [0.25, 0.3) is 0 Å². The minimum Gasteiger partial charge on any atom is -0.481 e. The summed E-state index contributed by atoms with van der Waals surface area (Å²) in [6, 6.07) is 0. The number of carbonyl (C=O) groups is 1. The van der Waals surface area contributed by atoms with Crippen molar-refractivity contribution in [2.45, 2.75) is 96.8 Å². The molecule has 12 nitrogen and oxygen atoms in total. The molecule has 6 N–H and O–H groups in total. The molecule has 40 heavy (non-hydrogen) atoms. The summed E-state index contributed by atoms with van der Waals surface area (Å²) < 4.78 is 31.6. The van der Waals surface area contributed by atoms with Crippen molar-refractivity contribution < 1.29 is 27.4 Å². The van der Waals surface area contributed by atoms with E-state index in [4.69, 9.17) is 22.6 Å². The van der Waals surface area contributed by atoms with Crippen molar-refractivity contribution in [3.05, 3.63) is 12.2 Å². The molecule has 0 radical (unpaired) electrons. The van der Waals surface area contributed by atoms with Gasteiger partial charge in [0.1, 0.15) is 0 Å². The third kappa shape index (κ3) is 48.5. The van der Waals surface area contributed by atoms with Crippen LogP contribution < -0.4 is 16.0 Å². The summed E-state index contributed by atoms with van der Waals surface area (Å²) in [5.41, 5.74) is 0. The molecule has 0 aliphatic carbocycles. The van der Waals surface area contributed by atoms with Crippen LogP contribution in [0, 0.1) is 0 Å². The molecule has 0 atom stereocenters. The fourth-order valence-corrected chi connectivity index (χ4v) is 3.32. The second-order valence-corrected chi connectivity index (χ2v) is 10.0. The number of hydrogen-bond acceptors (Lipinski definition) is 9. The van der Waals surface area contributed by atoms with Crippen molar-refractivity contribution >= 4 is 35.4 Å². The molecular weight excluding hydrogens is 536 g/mol. The van der Waals surface area contributed by atoms with Gasteiger partial charge in [-0.1, -0.05) is 70.4 Å². The SMILES string of the molecule is C1=NCCN1.C1=NCCN1.C1=NCCN1.CCCCCCCC/C=C\CCCCCCCC(=O)O.O=S(=O)(O)O. The Morgan fingerprint density at radius 3 is 1.32 bits per heavy atom. The van der Waals surface area contributed by atoms with Crippen LogP contribution in [0.3, 0.4) is 0 Å². The van der Waals surface area contributed by atoms with Gasteiger partial charge in [0, 0.05) is 26.1 Å². The molecule has 0 unspecified atom stereocenters. The zero-order valence-corrected chi connectivity index (χ0v) is 25.2. The van der Waals surface area contributed by atoms with Crippen LogP contribution in [-0.4, -0.2) is 86.9 Å². The zero-order valence-electron chi connectivity index (χ0n) is 24.3. The minimum atomic E-state index is -4.67. The highest BCUT2D eigenvalue weighted by Gasteiger charge is 1.96. The average Bonchev–Trinajstić information content (AvgIpc) is 3.72. The molecule has 0 fully saturated rings. The van der Waals surface area contributed by atoms with Crippen LogP contribution in [0.4, 0.5) is 0 Å². The Bertz CT molecular complexity index is 711. The van der Waals surface area contributed by atoms with E-state index in [9.17, 15) is 4.79 Å². The molecule has 0 saturated carbocycles. The van der Waals surface area contributed by atoms with Gasteiger partial charge in [0.2, 0.25) is 0 Å². The molecule has 0 aromatic rings. The maximum absolute atomic E-state index is 10.3. The van der Waals surface area contributed by atoms with Crippen LogP contribution >= 0.6 is 0 Å². The van der Waals surface area contributed by atoms with Crippen molar-refractivity contribution in [2.75, 3.05) is 39.3 Å². The molecule has 0 bridgehead atoms. The number of nitrogens with zero attached hydrogens (tertiary/aromatic N) is 3. The Morgan fingerprint density at radius 1 is 0.700 bits per heavy atom. The lowest BCUT2D eigenvalue weighted by molar-refractivity contribution is -0.137. The number of unbranched alkanes of at least 4 members (excludes halogenated alkanes) is 11. The third-order valence-electron chi connectivity index (χ3n) is 5.36. The number of carboxylic acid groups (broad SMARTS) is 1. The van der Waals surface area contributed by atoms with Crippen molar-refractivity contribution in [3.63, 3.8) is 0 Å². The molecular formula is C27H54N6O6S. The Hall–Kier alpha value is -2.51. The Balaban J connectivity index is 0. The molecule has 13 heteroatoms. The van der Waals surface area contributed by atoms with Gasteiger partial charge in [0.15, 0.2) is 0 Å². The van der Waals surface area contributed by atoms with Gasteiger partial charge < -0.3 is 21.1 Å². The molecule has 3 rings (SSSR count). The topological polar surface area (TPSA) is 185 Å². The molecule has 0 aromatic heterocycles. The van der Waals surface area contributed by atoms with Crippen molar-refractivity contribution in [3.8, 4) is 0 Å². The fraction of sp³-hybridized carbons (Fsp3) is 0.778. The van der Waals surface area contributed by atoms with Crippen LogP contribution in [-0.2, 0) is 15.2 Å². The van der Waals surface area contributed by atoms with E-state index >= 15 is 0 Å². The summed E-state index contributed by atoms with van der Waals surface area (Å²) in [4.78, 5) is 21.9. The molecule has 3 aliphatic rings. The highest BCUT2D eigenvalue weighted by atomic mass is 32.3. The predicted molar refractivity (Wildman–Crippen MR) is 165 cm³/mol. The molecule has 0 aromatic carbocycles. The standard InChI is InChI=1S/C18H34O2.3C3H6N2.H2O4S/c1-2-3-4-5-6-7-8-9-10-11-12-13-14-15-16-17-18(19)20;3*1-2-5-3-4-1;1-5(2,3)4/h9-10H,2-8,11-17H2,1H3,(H,19,20);3*3H,1-2H2,(H,4,5);(H2,1,2,3,4)/b10-9-;;;;. The summed E-state index contributed by atoms with van der Waals surface area (Å²) in [5.74, 6) is -0.664. The Kier molecular flexibility index (Phi) is 32.4. The van der Waals surface area contributed by atoms with E-state index in [0.29, 0.717) is 6.42 Å². The van der Waals surface area contributed by atoms with Gasteiger partial charge in [-0.25, -0.2) is 0 Å². The lowest BCUT2D eigenvalue weighted by atomic mass is 10.1. The monoisotopic (exact) mass is 590 g/mol. The van der Waals surface area contributed by atoms with E-state index in [1.807, 2.05) is 0 Å². The van der Waals surface area contributed by atoms with Gasteiger partial charge in [-0.2, -0.15) is 8.42 Å². The predicted octanol–water partition coefficient (Wildman–Crippen LogP) is 4.31. The first-order valence-electron chi connectivity index (χ1n) is 14.5. The first-order valence-corrected chi connectivity index (χ1v) is 15.9. The Labute approximate surface area is 241 Å². The normalized spacial score (nSPS) is 14.3. The van der Waals surface area contributed by atoms with E-state index < -0.39 is 16.4 Å². The smallest absolute Gasteiger partial charge is 0.394 e. The molecule has 0 spiro atoms. The second-order valence-electron chi connectivity index (χ2n) is 9.14. The number of carboxylic acids is 1. The Morgan fingerprint density at radius 2 is 1.05 bits per heavy atom. The van der Waals surface area contributed by atoms with Crippen LogP contribution in [0.15, 0.2) is 27.1 Å². The van der Waals surface area contributed by atoms with Gasteiger partial charge >= 0.3 is 16.4 Å². The van der Waals surface area contributed by atoms with Crippen LogP contribution in [0.1, 0.15) is 96.8 Å². The van der Waals surface area contributed by atoms with Gasteiger partial charge in [-0.05, 0) is 32.1 Å². The number of nitrogens with one attached hydrogen (secondary N) is 3. The maximum Gasteiger partial charge on any atom is 0.394 e. The average molecular weight is 591 g/mol. The van der Waals surface area contributed by atoms with Gasteiger partial charge in [-0.15, -0.1) is 0 Å². The summed E-state index contributed by atoms with van der Waals surface area (Å²) >= 11 is 0. The maximum atomic E-state index is 10.3. The minimum absolute atomic E-state index is 0.332. The van der Waals surface area contributed by atoms with Gasteiger partial charge in [-0.3, -0.25) is 28.9 Å². The van der Waals surface area contributed by atoms with E-state index in [1.165, 1.54) is 70.6 Å². The van der Waals surface area contributed by atoms with Crippen LogP contribution in [0.2, 0.25) is 0 Å². The van der Waals surface area contributed by atoms with E-state index in [1.54, 1.807) is 19.0 Å². The second kappa shape index (κ2) is 32.7. The number of hydrogen-bond donors (Lipinski definition) is 6.